The minimum Gasteiger partial charge on any atom is -0.314 e. The van der Waals surface area contributed by atoms with Gasteiger partial charge in [0, 0.05) is 31.6 Å². The SMILES string of the molecule is Cl.O=S(=O)(C=Cc1ccccc1)N1CCNCC1. The summed E-state index contributed by atoms with van der Waals surface area (Å²) in [7, 11) is -3.27. The van der Waals surface area contributed by atoms with Crippen LogP contribution in [0.3, 0.4) is 0 Å². The summed E-state index contributed by atoms with van der Waals surface area (Å²) in [5, 5.41) is 4.42. The Morgan fingerprint density at radius 2 is 1.72 bits per heavy atom. The fraction of sp³-hybridized carbons (Fsp3) is 0.333. The average molecular weight is 289 g/mol. The van der Waals surface area contributed by atoms with Crippen LogP contribution < -0.4 is 5.32 Å². The van der Waals surface area contributed by atoms with Crippen LogP contribution in [0.15, 0.2) is 35.7 Å². The first-order chi connectivity index (χ1) is 8.18. The molecule has 0 bridgehead atoms. The van der Waals surface area contributed by atoms with Crippen LogP contribution in [-0.4, -0.2) is 38.9 Å². The van der Waals surface area contributed by atoms with Crippen molar-refractivity contribution in [2.45, 2.75) is 0 Å². The summed E-state index contributed by atoms with van der Waals surface area (Å²) in [4.78, 5) is 0. The maximum absolute atomic E-state index is 12.0. The Hall–Kier alpha value is -0.880. The molecule has 2 rings (SSSR count). The van der Waals surface area contributed by atoms with Crippen molar-refractivity contribution in [2.75, 3.05) is 26.2 Å². The first kappa shape index (κ1) is 15.2. The highest BCUT2D eigenvalue weighted by molar-refractivity contribution is 7.92. The lowest BCUT2D eigenvalue weighted by atomic mass is 10.2. The van der Waals surface area contributed by atoms with E-state index in [9.17, 15) is 8.42 Å². The van der Waals surface area contributed by atoms with Crippen LogP contribution in [0.4, 0.5) is 0 Å². The Morgan fingerprint density at radius 3 is 2.33 bits per heavy atom. The molecule has 1 aliphatic heterocycles. The van der Waals surface area contributed by atoms with Gasteiger partial charge in [-0.1, -0.05) is 30.3 Å². The molecular weight excluding hydrogens is 272 g/mol. The van der Waals surface area contributed by atoms with Crippen LogP contribution in [0.25, 0.3) is 6.08 Å². The Bertz CT molecular complexity index is 482. The van der Waals surface area contributed by atoms with Gasteiger partial charge in [0.2, 0.25) is 10.0 Å². The molecule has 6 heteroatoms. The molecule has 1 aliphatic rings. The molecule has 0 unspecified atom stereocenters. The first-order valence-electron chi connectivity index (χ1n) is 5.62. The third-order valence-corrected chi connectivity index (χ3v) is 4.23. The number of nitrogens with one attached hydrogen (secondary N) is 1. The van der Waals surface area contributed by atoms with Gasteiger partial charge in [-0.05, 0) is 11.6 Å². The summed E-state index contributed by atoms with van der Waals surface area (Å²) in [6.45, 7) is 2.53. The second kappa shape index (κ2) is 6.89. The van der Waals surface area contributed by atoms with Gasteiger partial charge in [-0.15, -0.1) is 12.4 Å². The second-order valence-corrected chi connectivity index (χ2v) is 5.73. The van der Waals surface area contributed by atoms with Gasteiger partial charge in [0.15, 0.2) is 0 Å². The largest absolute Gasteiger partial charge is 0.314 e. The van der Waals surface area contributed by atoms with Crippen LogP contribution in [0, 0.1) is 0 Å². The van der Waals surface area contributed by atoms with E-state index in [-0.39, 0.29) is 12.4 Å². The lowest BCUT2D eigenvalue weighted by molar-refractivity contribution is 0.364. The number of sulfonamides is 1. The number of halogens is 1. The summed E-state index contributed by atoms with van der Waals surface area (Å²) >= 11 is 0. The number of hydrogen-bond acceptors (Lipinski definition) is 3. The van der Waals surface area contributed by atoms with Crippen molar-refractivity contribution in [2.24, 2.45) is 0 Å². The lowest BCUT2D eigenvalue weighted by Gasteiger charge is -2.25. The second-order valence-electron chi connectivity index (χ2n) is 3.91. The molecule has 1 aromatic rings. The molecule has 1 N–H and O–H groups in total. The van der Waals surface area contributed by atoms with Crippen LogP contribution in [0.1, 0.15) is 5.56 Å². The Kier molecular flexibility index (Phi) is 5.81. The lowest BCUT2D eigenvalue weighted by Crippen LogP contribution is -2.45. The van der Waals surface area contributed by atoms with Gasteiger partial charge >= 0.3 is 0 Å². The average Bonchev–Trinajstić information content (AvgIpc) is 2.39. The van der Waals surface area contributed by atoms with E-state index >= 15 is 0 Å². The van der Waals surface area contributed by atoms with E-state index in [2.05, 4.69) is 5.32 Å². The van der Waals surface area contributed by atoms with E-state index in [1.54, 1.807) is 6.08 Å². The molecule has 18 heavy (non-hydrogen) atoms. The molecule has 0 aliphatic carbocycles. The maximum Gasteiger partial charge on any atom is 0.236 e. The topological polar surface area (TPSA) is 49.4 Å². The summed E-state index contributed by atoms with van der Waals surface area (Å²) in [5.41, 5.74) is 0.895. The fourth-order valence-electron chi connectivity index (χ4n) is 1.71. The van der Waals surface area contributed by atoms with E-state index in [0.717, 1.165) is 18.7 Å². The maximum atomic E-state index is 12.0. The van der Waals surface area contributed by atoms with Crippen LogP contribution >= 0.6 is 12.4 Å². The number of nitrogens with zero attached hydrogens (tertiary/aromatic N) is 1. The van der Waals surface area contributed by atoms with E-state index in [0.29, 0.717) is 13.1 Å². The molecule has 100 valence electrons. The Morgan fingerprint density at radius 1 is 1.11 bits per heavy atom. The minimum absolute atomic E-state index is 0. The smallest absolute Gasteiger partial charge is 0.236 e. The number of hydrogen-bond donors (Lipinski definition) is 1. The number of benzene rings is 1. The minimum atomic E-state index is -3.27. The molecular formula is C12H17ClN2O2S. The summed E-state index contributed by atoms with van der Waals surface area (Å²) in [6, 6.07) is 9.43. The standard InChI is InChI=1S/C12H16N2O2S.ClH/c15-17(16,14-9-7-13-8-10-14)11-6-12-4-2-1-3-5-12;/h1-6,11,13H,7-10H2;1H. The molecule has 0 amide bonds. The molecule has 0 aromatic heterocycles. The first-order valence-corrected chi connectivity index (χ1v) is 7.13. The van der Waals surface area contributed by atoms with Crippen molar-refractivity contribution in [3.8, 4) is 0 Å². The predicted octanol–water partition coefficient (Wildman–Crippen LogP) is 1.31. The predicted molar refractivity (Wildman–Crippen MR) is 76.1 cm³/mol. The van der Waals surface area contributed by atoms with Crippen molar-refractivity contribution in [3.63, 3.8) is 0 Å². The van der Waals surface area contributed by atoms with Gasteiger partial charge < -0.3 is 5.32 Å². The summed E-state index contributed by atoms with van der Waals surface area (Å²) in [6.07, 6.45) is 1.64. The monoisotopic (exact) mass is 288 g/mol. The Balaban J connectivity index is 0.00000162. The summed E-state index contributed by atoms with van der Waals surface area (Å²) < 4.78 is 25.4. The fourth-order valence-corrected chi connectivity index (χ4v) is 2.91. The molecule has 0 atom stereocenters. The molecule has 4 nitrogen and oxygen atoms in total. The number of piperazine rings is 1. The van der Waals surface area contributed by atoms with Gasteiger partial charge in [0.1, 0.15) is 0 Å². The van der Waals surface area contributed by atoms with Crippen LogP contribution in [-0.2, 0) is 10.0 Å². The molecule has 0 saturated carbocycles. The number of rotatable bonds is 3. The molecule has 1 fully saturated rings. The highest BCUT2D eigenvalue weighted by atomic mass is 35.5. The van der Waals surface area contributed by atoms with E-state index in [4.69, 9.17) is 0 Å². The quantitative estimate of drug-likeness (QED) is 0.912. The van der Waals surface area contributed by atoms with E-state index < -0.39 is 10.0 Å². The van der Waals surface area contributed by atoms with Crippen molar-refractivity contribution in [1.82, 2.24) is 9.62 Å². The van der Waals surface area contributed by atoms with Crippen LogP contribution in [0.5, 0.6) is 0 Å². The Labute approximate surface area is 114 Å². The highest BCUT2D eigenvalue weighted by Crippen LogP contribution is 2.08. The van der Waals surface area contributed by atoms with Gasteiger partial charge in [-0.25, -0.2) is 8.42 Å². The summed E-state index contributed by atoms with van der Waals surface area (Å²) in [5.74, 6) is 0. The molecule has 0 radical (unpaired) electrons. The normalized spacial score (nSPS) is 17.6. The van der Waals surface area contributed by atoms with Crippen LogP contribution in [0.2, 0.25) is 0 Å². The highest BCUT2D eigenvalue weighted by Gasteiger charge is 2.20. The van der Waals surface area contributed by atoms with Gasteiger partial charge in [-0.3, -0.25) is 0 Å². The molecule has 1 heterocycles. The molecule has 0 spiro atoms. The van der Waals surface area contributed by atoms with Crippen molar-refractivity contribution >= 4 is 28.5 Å². The van der Waals surface area contributed by atoms with E-state index in [1.807, 2.05) is 30.3 Å². The zero-order chi connectivity index (χ0) is 12.1. The third kappa shape index (κ3) is 4.10. The van der Waals surface area contributed by atoms with E-state index in [1.165, 1.54) is 9.71 Å². The molecule has 1 saturated heterocycles. The zero-order valence-corrected chi connectivity index (χ0v) is 11.6. The molecule has 1 aromatic carbocycles. The van der Waals surface area contributed by atoms with Gasteiger partial charge in [0.05, 0.1) is 0 Å². The zero-order valence-electron chi connectivity index (χ0n) is 9.95. The van der Waals surface area contributed by atoms with Gasteiger partial charge in [-0.2, -0.15) is 4.31 Å². The van der Waals surface area contributed by atoms with Crippen molar-refractivity contribution in [1.29, 1.82) is 0 Å². The van der Waals surface area contributed by atoms with Gasteiger partial charge in [0.25, 0.3) is 0 Å². The van der Waals surface area contributed by atoms with Crippen molar-refractivity contribution < 1.29 is 8.42 Å². The third-order valence-electron chi connectivity index (χ3n) is 2.67. The van der Waals surface area contributed by atoms with Crippen molar-refractivity contribution in [3.05, 3.63) is 41.3 Å².